The fraction of sp³-hybridized carbons (Fsp3) is 0.119. The number of benzene rings is 4. The monoisotopic (exact) mass is 816 g/mol. The molecule has 0 amide bonds. The van der Waals surface area contributed by atoms with Crippen molar-refractivity contribution in [2.24, 2.45) is 0 Å². The summed E-state index contributed by atoms with van der Waals surface area (Å²) in [5, 5.41) is 0. The molecule has 0 radical (unpaired) electrons. The molecule has 4 heteroatoms. The van der Waals surface area contributed by atoms with Crippen LogP contribution in [0, 0.1) is 47.4 Å². The Morgan fingerprint density at radius 2 is 0.603 bits per heavy atom. The Morgan fingerprint density at radius 1 is 0.349 bits per heavy atom. The summed E-state index contributed by atoms with van der Waals surface area (Å²) in [6, 6.07) is 37.3. The fourth-order valence-electron chi connectivity index (χ4n) is 6.26. The van der Waals surface area contributed by atoms with Crippen molar-refractivity contribution < 1.29 is 18.3 Å². The van der Waals surface area contributed by atoms with Gasteiger partial charge in [0.15, 0.2) is 57.2 Å². The molecule has 0 aliphatic carbocycles. The van der Waals surface area contributed by atoms with Crippen molar-refractivity contribution in [3.8, 4) is 47.4 Å². The third-order valence-corrected chi connectivity index (χ3v) is 9.96. The molecular formula is C59H52N4+4. The van der Waals surface area contributed by atoms with E-state index in [9.17, 15) is 0 Å². The summed E-state index contributed by atoms with van der Waals surface area (Å²) in [6.45, 7) is 21.4. The highest BCUT2D eigenvalue weighted by Crippen LogP contribution is 2.11. The molecule has 0 saturated heterocycles. The fourth-order valence-corrected chi connectivity index (χ4v) is 6.26. The van der Waals surface area contributed by atoms with Gasteiger partial charge in [0.1, 0.15) is 20.2 Å². The molecule has 10 bridgehead atoms. The molecule has 1 aromatic heterocycles. The molecular weight excluding hydrogens is 765 g/mol. The lowest BCUT2D eigenvalue weighted by Crippen LogP contribution is -2.33. The zero-order valence-corrected chi connectivity index (χ0v) is 36.5. The maximum atomic E-state index is 4.22. The second-order valence-electron chi connectivity index (χ2n) is 15.0. The molecule has 0 saturated carbocycles. The molecule has 0 N–H and O–H groups in total. The van der Waals surface area contributed by atoms with E-state index in [1.807, 2.05) is 138 Å². The van der Waals surface area contributed by atoms with E-state index >= 15 is 0 Å². The second kappa shape index (κ2) is 22.9. The van der Waals surface area contributed by atoms with Gasteiger partial charge in [-0.25, -0.2) is 18.3 Å². The van der Waals surface area contributed by atoms with Gasteiger partial charge < -0.3 is 0 Å². The van der Waals surface area contributed by atoms with Gasteiger partial charge in [0.2, 0.25) is 0 Å². The van der Waals surface area contributed by atoms with E-state index in [1.54, 1.807) is 0 Å². The molecule has 0 spiro atoms. The molecule has 0 unspecified atom stereocenters. The standard InChI is InChI=1S/C59H52N4/c1-7-48-10-13-51-16-18-52(19-17-51)14-11-49(8-2)36-41-62(6)46-58-30-32-59(33-31-58)47-63-42-37-55(38-43-63)25-24-54-22-20-53(21-23-54)15-12-50(9-3)35-40-61(5)45-57-28-26-56(27-29-57)44-60(4)39-34-48/h7-9,16-23,26-43H,4-6,44-47H2,1-3H3/q+4/b39-34-,40-35-,41-36-,48-7-,49-8-,50-9-. The van der Waals surface area contributed by atoms with Crippen LogP contribution in [0.2, 0.25) is 0 Å². The van der Waals surface area contributed by atoms with Gasteiger partial charge in [0.25, 0.3) is 0 Å². The van der Waals surface area contributed by atoms with E-state index in [1.165, 1.54) is 11.1 Å². The Kier molecular flexibility index (Phi) is 16.1. The average Bonchev–Trinajstić information content (AvgIpc) is 3.30. The number of fused-ring (bicyclic) bond motifs is 1. The largest absolute Gasteiger partial charge is 0.207 e. The van der Waals surface area contributed by atoms with Crippen molar-refractivity contribution in [3.63, 3.8) is 0 Å². The van der Waals surface area contributed by atoms with Crippen LogP contribution in [0.1, 0.15) is 70.8 Å². The van der Waals surface area contributed by atoms with E-state index in [4.69, 9.17) is 0 Å². The summed E-state index contributed by atoms with van der Waals surface area (Å²) in [5.41, 5.74) is 12.1. The average molecular weight is 817 g/mol. The normalized spacial score (nSPS) is 17.1. The van der Waals surface area contributed by atoms with Crippen LogP contribution < -0.4 is 4.57 Å². The maximum Gasteiger partial charge on any atom is 0.173 e. The number of allylic oxidation sites excluding steroid dienone is 9. The molecule has 13 rings (SSSR count). The molecule has 0 atom stereocenters. The highest BCUT2D eigenvalue weighted by atomic mass is 15.0. The van der Waals surface area contributed by atoms with Crippen molar-refractivity contribution in [2.45, 2.75) is 47.0 Å². The smallest absolute Gasteiger partial charge is 0.173 e. The van der Waals surface area contributed by atoms with Crippen LogP contribution in [0.15, 0.2) is 193 Å². The van der Waals surface area contributed by atoms with Crippen LogP contribution in [-0.4, -0.2) is 33.9 Å². The molecule has 4 aromatic carbocycles. The van der Waals surface area contributed by atoms with Crippen LogP contribution >= 0.6 is 0 Å². The third-order valence-electron chi connectivity index (χ3n) is 9.96. The minimum Gasteiger partial charge on any atom is -0.207 e. The first-order valence-corrected chi connectivity index (χ1v) is 20.9. The lowest BCUT2D eigenvalue weighted by atomic mass is 10.1. The van der Waals surface area contributed by atoms with Gasteiger partial charge in [-0.2, -0.15) is 0 Å². The van der Waals surface area contributed by atoms with E-state index < -0.39 is 0 Å². The topological polar surface area (TPSA) is 12.9 Å². The Labute approximate surface area is 374 Å². The Morgan fingerprint density at radius 3 is 0.889 bits per heavy atom. The summed E-state index contributed by atoms with van der Waals surface area (Å²) < 4.78 is 7.90. The first kappa shape index (κ1) is 44.3. The molecule has 304 valence electrons. The number of hydrogen-bond acceptors (Lipinski definition) is 0. The lowest BCUT2D eigenvalue weighted by molar-refractivity contribution is -0.688. The Hall–Kier alpha value is -8.28. The van der Waals surface area contributed by atoms with Crippen molar-refractivity contribution in [3.05, 3.63) is 243 Å². The van der Waals surface area contributed by atoms with Crippen LogP contribution in [-0.2, 0) is 26.2 Å². The summed E-state index contributed by atoms with van der Waals surface area (Å²) in [7, 11) is 0. The van der Waals surface area contributed by atoms with Gasteiger partial charge in [0.05, 0.1) is 0 Å². The van der Waals surface area contributed by atoms with Gasteiger partial charge in [-0.1, -0.05) is 114 Å². The Bertz CT molecular complexity index is 2920. The first-order valence-electron chi connectivity index (χ1n) is 20.9. The Balaban J connectivity index is 1.18. The highest BCUT2D eigenvalue weighted by molar-refractivity contribution is 5.50. The number of rotatable bonds is 0. The first-order chi connectivity index (χ1) is 30.7. The summed E-state index contributed by atoms with van der Waals surface area (Å²) >= 11 is 0. The minimum absolute atomic E-state index is 0.664. The van der Waals surface area contributed by atoms with E-state index in [0.717, 1.165) is 62.2 Å². The molecule has 63 heavy (non-hydrogen) atoms. The predicted octanol–water partition coefficient (Wildman–Crippen LogP) is 9.91. The van der Waals surface area contributed by atoms with Crippen LogP contribution in [0.4, 0.5) is 0 Å². The van der Waals surface area contributed by atoms with Gasteiger partial charge in [0, 0.05) is 97.2 Å². The number of pyridine rings is 1. The van der Waals surface area contributed by atoms with Crippen LogP contribution in [0.5, 0.6) is 0 Å². The SMILES string of the molecule is C=[N+]1/C=C\C(=C/C)C#Cc2ccc(cc2)C#CC(=C/C)/C=C\[N+](=C)Cc2ccc(cc2)C[n+]2ccc(cc2)C#Cc2ccc(cc2)C#CC(=C/C)/C=C\[N+](=C)Cc2ccc(cc2)C1. The minimum atomic E-state index is 0.664. The third kappa shape index (κ3) is 14.7. The summed E-state index contributed by atoms with van der Waals surface area (Å²) in [5.74, 6) is 26.3. The summed E-state index contributed by atoms with van der Waals surface area (Å²) in [4.78, 5) is 0. The molecule has 4 nitrogen and oxygen atoms in total. The molecule has 0 fully saturated rings. The second-order valence-corrected chi connectivity index (χ2v) is 15.0. The van der Waals surface area contributed by atoms with Gasteiger partial charge in [-0.05, 0) is 69.3 Å². The highest BCUT2D eigenvalue weighted by Gasteiger charge is 2.07. The van der Waals surface area contributed by atoms with E-state index in [-0.39, 0.29) is 0 Å². The molecule has 9 heterocycles. The number of nitrogens with zero attached hydrogens (tertiary/aromatic N) is 4. The van der Waals surface area contributed by atoms with Crippen molar-refractivity contribution in [1.82, 2.24) is 0 Å². The van der Waals surface area contributed by atoms with Gasteiger partial charge >= 0.3 is 0 Å². The van der Waals surface area contributed by atoms with Gasteiger partial charge in [-0.15, -0.1) is 0 Å². The van der Waals surface area contributed by atoms with Crippen molar-refractivity contribution in [2.75, 3.05) is 0 Å². The van der Waals surface area contributed by atoms with Crippen LogP contribution in [0.25, 0.3) is 0 Å². The zero-order valence-electron chi connectivity index (χ0n) is 36.5. The van der Waals surface area contributed by atoms with Crippen LogP contribution in [0.3, 0.4) is 0 Å². The quantitative estimate of drug-likeness (QED) is 0.109. The molecule has 8 aliphatic heterocycles. The predicted molar refractivity (Wildman–Crippen MR) is 260 cm³/mol. The molecule has 5 aromatic rings. The molecule has 8 aliphatic rings. The van der Waals surface area contributed by atoms with Gasteiger partial charge in [-0.3, -0.25) is 0 Å². The lowest BCUT2D eigenvalue weighted by Gasteiger charge is -2.01. The van der Waals surface area contributed by atoms with Crippen molar-refractivity contribution in [1.29, 1.82) is 0 Å². The maximum absolute atomic E-state index is 4.22. The van der Waals surface area contributed by atoms with E-state index in [0.29, 0.717) is 19.6 Å². The number of aromatic nitrogens is 1. The zero-order chi connectivity index (χ0) is 44.2. The summed E-state index contributed by atoms with van der Waals surface area (Å²) in [6.07, 6.45) is 22.0. The van der Waals surface area contributed by atoms with E-state index in [2.05, 4.69) is 145 Å². The van der Waals surface area contributed by atoms with Crippen molar-refractivity contribution >= 4 is 20.2 Å². The number of hydrogen-bond donors (Lipinski definition) is 0.